The van der Waals surface area contributed by atoms with E-state index in [9.17, 15) is 22.7 Å². The monoisotopic (exact) mass is 372 g/mol. The summed E-state index contributed by atoms with van der Waals surface area (Å²) in [6.07, 6.45) is 1.32. The van der Waals surface area contributed by atoms with E-state index in [2.05, 4.69) is 24.5 Å². The lowest BCUT2D eigenvalue weighted by Crippen LogP contribution is -2.36. The van der Waals surface area contributed by atoms with Crippen LogP contribution in [-0.2, 0) is 21.4 Å². The third-order valence-electron chi connectivity index (χ3n) is 4.53. The molecule has 2 aliphatic heterocycles. The first-order valence-electron chi connectivity index (χ1n) is 8.10. The van der Waals surface area contributed by atoms with Crippen LogP contribution in [-0.4, -0.2) is 44.6 Å². The molecule has 0 aromatic heterocycles. The Labute approximate surface area is 145 Å². The Morgan fingerprint density at radius 1 is 1.52 bits per heavy atom. The van der Waals surface area contributed by atoms with Gasteiger partial charge in [-0.3, -0.25) is 4.79 Å². The number of nitrogens with one attached hydrogen (secondary N) is 3. The van der Waals surface area contributed by atoms with Crippen molar-refractivity contribution in [3.63, 3.8) is 0 Å². The first-order chi connectivity index (χ1) is 11.7. The van der Waals surface area contributed by atoms with E-state index in [4.69, 9.17) is 0 Å². The van der Waals surface area contributed by atoms with Crippen LogP contribution in [0.1, 0.15) is 25.8 Å². The maximum atomic E-state index is 14.9. The third kappa shape index (κ3) is 3.23. The Hall–Kier alpha value is -2.07. The van der Waals surface area contributed by atoms with Crippen molar-refractivity contribution in [3.05, 3.63) is 17.4 Å². The second kappa shape index (κ2) is 6.34. The first-order valence-corrected chi connectivity index (χ1v) is 9.54. The molecular formula is C15H21FN4O4S. The van der Waals surface area contributed by atoms with Gasteiger partial charge in [0.05, 0.1) is 0 Å². The minimum absolute atomic E-state index is 0.0666. The van der Waals surface area contributed by atoms with Crippen LogP contribution in [0, 0.1) is 5.82 Å². The van der Waals surface area contributed by atoms with Crippen LogP contribution in [0.3, 0.4) is 0 Å². The highest BCUT2D eigenvalue weighted by atomic mass is 32.2. The maximum absolute atomic E-state index is 14.9. The lowest BCUT2D eigenvalue weighted by atomic mass is 10.1. The molecule has 0 spiro atoms. The molecule has 3 rings (SSSR count). The Bertz CT molecular complexity index is 814. The number of benzene rings is 1. The van der Waals surface area contributed by atoms with Gasteiger partial charge in [-0.2, -0.15) is 8.42 Å². The number of halogens is 1. The van der Waals surface area contributed by atoms with Gasteiger partial charge in [0.1, 0.15) is 18.0 Å². The summed E-state index contributed by atoms with van der Waals surface area (Å²) >= 11 is 0. The van der Waals surface area contributed by atoms with Gasteiger partial charge in [-0.15, -0.1) is 0 Å². The molecular weight excluding hydrogens is 351 g/mol. The lowest BCUT2D eigenvalue weighted by molar-refractivity contribution is -0.117. The fourth-order valence-electron chi connectivity index (χ4n) is 3.01. The molecule has 0 bridgehead atoms. The number of anilines is 2. The number of carbonyl (C=O) groups is 1. The topological polar surface area (TPSA) is 111 Å². The molecule has 4 N–H and O–H groups in total. The van der Waals surface area contributed by atoms with Gasteiger partial charge in [0.2, 0.25) is 0 Å². The van der Waals surface area contributed by atoms with Crippen LogP contribution >= 0.6 is 0 Å². The number of carbonyl (C=O) groups excluding carboxylic acids is 1. The van der Waals surface area contributed by atoms with Crippen molar-refractivity contribution in [2.24, 2.45) is 0 Å². The van der Waals surface area contributed by atoms with E-state index in [1.165, 1.54) is 6.07 Å². The molecule has 25 heavy (non-hydrogen) atoms. The van der Waals surface area contributed by atoms with E-state index in [1.807, 2.05) is 0 Å². The van der Waals surface area contributed by atoms with Crippen LogP contribution in [0.4, 0.5) is 15.8 Å². The van der Waals surface area contributed by atoms with E-state index in [-0.39, 0.29) is 6.04 Å². The van der Waals surface area contributed by atoms with Crippen molar-refractivity contribution in [2.75, 3.05) is 22.7 Å². The molecule has 2 aliphatic rings. The quantitative estimate of drug-likeness (QED) is 0.597. The number of hydrogen-bond acceptors (Lipinski definition) is 6. The van der Waals surface area contributed by atoms with Crippen LogP contribution in [0.15, 0.2) is 6.07 Å². The minimum atomic E-state index is -4.19. The molecule has 1 saturated heterocycles. The second-order valence-corrected chi connectivity index (χ2v) is 7.98. The van der Waals surface area contributed by atoms with Gasteiger partial charge in [-0.1, -0.05) is 6.92 Å². The number of rotatable bonds is 5. The molecule has 0 radical (unpaired) electrons. The van der Waals surface area contributed by atoms with Crippen molar-refractivity contribution in [1.82, 2.24) is 10.0 Å². The molecule has 1 fully saturated rings. The highest BCUT2D eigenvalue weighted by Crippen LogP contribution is 2.41. The maximum Gasteiger partial charge on any atom is 0.326 e. The van der Waals surface area contributed by atoms with Crippen molar-refractivity contribution >= 4 is 27.5 Å². The normalized spacial score (nSPS) is 22.4. The van der Waals surface area contributed by atoms with Gasteiger partial charge in [0.15, 0.2) is 5.82 Å². The predicted molar refractivity (Wildman–Crippen MR) is 91.3 cm³/mol. The van der Waals surface area contributed by atoms with E-state index in [0.29, 0.717) is 34.6 Å². The zero-order chi connectivity index (χ0) is 18.4. The number of phenolic OH excluding ortho intramolecular Hbond substituents is 1. The van der Waals surface area contributed by atoms with Gasteiger partial charge in [-0.05, 0) is 19.8 Å². The summed E-state index contributed by atoms with van der Waals surface area (Å²) < 4.78 is 41.1. The zero-order valence-corrected chi connectivity index (χ0v) is 14.8. The fourth-order valence-corrected chi connectivity index (χ4v) is 4.17. The average molecular weight is 372 g/mol. The van der Waals surface area contributed by atoms with Gasteiger partial charge in [-0.25, -0.2) is 13.4 Å². The summed E-state index contributed by atoms with van der Waals surface area (Å²) in [4.78, 5) is 11.4. The third-order valence-corrected chi connectivity index (χ3v) is 5.90. The van der Waals surface area contributed by atoms with Gasteiger partial charge in [0, 0.05) is 35.9 Å². The van der Waals surface area contributed by atoms with Gasteiger partial charge >= 0.3 is 10.2 Å². The molecule has 1 aromatic rings. The summed E-state index contributed by atoms with van der Waals surface area (Å²) in [5, 5.41) is 16.6. The lowest BCUT2D eigenvalue weighted by Gasteiger charge is -2.18. The molecule has 138 valence electrons. The summed E-state index contributed by atoms with van der Waals surface area (Å²) in [5.74, 6) is -2.12. The molecule has 0 unspecified atom stereocenters. The van der Waals surface area contributed by atoms with E-state index < -0.39 is 39.9 Å². The number of nitrogens with zero attached hydrogens (tertiary/aromatic N) is 1. The number of phenols is 1. The average Bonchev–Trinajstić information content (AvgIpc) is 3.05. The van der Waals surface area contributed by atoms with Crippen LogP contribution in [0.25, 0.3) is 0 Å². The minimum Gasteiger partial charge on any atom is -0.506 e. The number of fused-ring (bicyclic) bond motifs is 1. The van der Waals surface area contributed by atoms with E-state index >= 15 is 0 Å². The largest absolute Gasteiger partial charge is 0.506 e. The predicted octanol–water partition coefficient (Wildman–Crippen LogP) is 0.437. The number of hydrogen-bond donors (Lipinski definition) is 4. The van der Waals surface area contributed by atoms with E-state index in [1.54, 1.807) is 4.72 Å². The van der Waals surface area contributed by atoms with Gasteiger partial charge < -0.3 is 15.7 Å². The second-order valence-electron chi connectivity index (χ2n) is 6.38. The van der Waals surface area contributed by atoms with E-state index in [0.717, 1.165) is 6.42 Å². The summed E-state index contributed by atoms with van der Waals surface area (Å²) in [6, 6.07) is 1.56. The van der Waals surface area contributed by atoms with Crippen LogP contribution in [0.2, 0.25) is 0 Å². The molecule has 1 aromatic carbocycles. The highest BCUT2D eigenvalue weighted by Gasteiger charge is 2.39. The summed E-state index contributed by atoms with van der Waals surface area (Å²) in [5.41, 5.74) is 0.248. The van der Waals surface area contributed by atoms with Crippen LogP contribution in [0.5, 0.6) is 5.75 Å². The number of aromatic hydroxyl groups is 1. The molecule has 8 nitrogen and oxygen atoms in total. The fraction of sp³-hybridized carbons (Fsp3) is 0.533. The first kappa shape index (κ1) is 17.7. The van der Waals surface area contributed by atoms with Crippen LogP contribution < -0.4 is 19.7 Å². The van der Waals surface area contributed by atoms with Crippen molar-refractivity contribution < 1.29 is 22.7 Å². The highest BCUT2D eigenvalue weighted by molar-refractivity contribution is 7.92. The molecule has 0 aliphatic carbocycles. The van der Waals surface area contributed by atoms with Gasteiger partial charge in [0.25, 0.3) is 5.91 Å². The molecule has 2 heterocycles. The Morgan fingerprint density at radius 2 is 2.24 bits per heavy atom. The zero-order valence-electron chi connectivity index (χ0n) is 14.0. The molecule has 0 saturated carbocycles. The Balaban J connectivity index is 1.88. The molecule has 2 atom stereocenters. The van der Waals surface area contributed by atoms with Crippen molar-refractivity contribution in [2.45, 2.75) is 38.8 Å². The number of amides is 1. The summed E-state index contributed by atoms with van der Waals surface area (Å²) in [6.45, 7) is 4.17. The van der Waals surface area contributed by atoms with Crippen molar-refractivity contribution in [3.8, 4) is 5.75 Å². The summed E-state index contributed by atoms with van der Waals surface area (Å²) in [7, 11) is -4.19. The SMILES string of the molecule is CC[C@@H](C)NC[C@H]1Cc2c(cc(O)c(N3CC(=O)NS3(=O)=O)c2F)N1. The molecule has 1 amide bonds. The Kier molecular flexibility index (Phi) is 4.50. The molecule has 10 heteroatoms. The smallest absolute Gasteiger partial charge is 0.326 e. The Morgan fingerprint density at radius 3 is 2.84 bits per heavy atom. The van der Waals surface area contributed by atoms with Crippen molar-refractivity contribution in [1.29, 1.82) is 0 Å². The standard InChI is InChI=1S/C15H21FN4O4S/c1-3-8(2)17-6-9-4-10-11(18-9)5-12(21)15(14(10)16)20-7-13(22)19-25(20,23)24/h5,8-9,17-18,21H,3-4,6-7H2,1-2H3,(H,19,22)/t8-,9-/m1/s1.